The van der Waals surface area contributed by atoms with E-state index in [1.54, 1.807) is 13.8 Å². The first-order valence-corrected chi connectivity index (χ1v) is 6.22. The van der Waals surface area contributed by atoms with E-state index < -0.39 is 30.1 Å². The average molecular weight is 337 g/mol. The smallest absolute Gasteiger partial charge is 0.434 e. The Balaban J connectivity index is 3.16. The van der Waals surface area contributed by atoms with Crippen molar-refractivity contribution in [2.45, 2.75) is 44.1 Å². The van der Waals surface area contributed by atoms with Crippen LogP contribution in [0, 0.1) is 0 Å². The molecule has 1 aromatic heterocycles. The molecule has 0 radical (unpaired) electrons. The van der Waals surface area contributed by atoms with Gasteiger partial charge in [-0.05, 0) is 0 Å². The fraction of sp³-hybridized carbons (Fsp3) is 0.636. The molecule has 0 aromatic carbocycles. The number of aromatic nitrogens is 2. The normalized spacial score (nSPS) is 13.1. The molecule has 0 spiro atoms. The summed E-state index contributed by atoms with van der Waals surface area (Å²) in [6.07, 6.45) is -14.4. The van der Waals surface area contributed by atoms with Gasteiger partial charge in [-0.3, -0.25) is 0 Å². The number of alkyl halides is 7. The number of rotatable bonds is 4. The number of nitrogens with zero attached hydrogens (tertiary/aromatic N) is 2. The van der Waals surface area contributed by atoms with Crippen molar-refractivity contribution < 1.29 is 31.1 Å². The number of halogens is 7. The van der Waals surface area contributed by atoms with Crippen LogP contribution >= 0.6 is 11.6 Å². The molecule has 0 aliphatic heterocycles. The molecule has 0 bridgehead atoms. The summed E-state index contributed by atoms with van der Waals surface area (Å²) >= 11 is 5.49. The van der Waals surface area contributed by atoms with Crippen molar-refractivity contribution in [1.29, 1.82) is 0 Å². The lowest BCUT2D eigenvalue weighted by molar-refractivity contribution is -0.300. The highest BCUT2D eigenvalue weighted by molar-refractivity contribution is 6.17. The Labute approximate surface area is 121 Å². The van der Waals surface area contributed by atoms with E-state index in [1.165, 1.54) is 0 Å². The molecule has 21 heavy (non-hydrogen) atoms. The van der Waals surface area contributed by atoms with Crippen LogP contribution in [0.25, 0.3) is 0 Å². The first-order valence-electron chi connectivity index (χ1n) is 5.68. The van der Waals surface area contributed by atoms with Crippen molar-refractivity contribution >= 4 is 11.6 Å². The molecule has 0 N–H and O–H groups in total. The van der Waals surface area contributed by atoms with Gasteiger partial charge in [0.15, 0.2) is 5.75 Å². The Kier molecular flexibility index (Phi) is 5.30. The summed E-state index contributed by atoms with van der Waals surface area (Å²) in [5, 5.41) is 0. The van der Waals surface area contributed by atoms with E-state index in [0.29, 0.717) is 0 Å². The molecular formula is C11H11ClF6N2O. The summed E-state index contributed by atoms with van der Waals surface area (Å²) in [5.74, 6) is -1.07. The molecule has 1 aromatic rings. The lowest BCUT2D eigenvalue weighted by Gasteiger charge is -2.24. The molecule has 10 heteroatoms. The predicted octanol–water partition coefficient (Wildman–Crippen LogP) is 4.21. The zero-order valence-corrected chi connectivity index (χ0v) is 11.6. The highest BCUT2D eigenvalue weighted by atomic mass is 35.5. The Morgan fingerprint density at radius 2 is 1.67 bits per heavy atom. The van der Waals surface area contributed by atoms with Gasteiger partial charge in [-0.1, -0.05) is 13.8 Å². The molecule has 0 saturated heterocycles. The minimum Gasteiger partial charge on any atom is -0.468 e. The van der Waals surface area contributed by atoms with E-state index >= 15 is 0 Å². The molecular weight excluding hydrogens is 326 g/mol. The van der Waals surface area contributed by atoms with Gasteiger partial charge in [0, 0.05) is 5.92 Å². The Morgan fingerprint density at radius 1 is 1.14 bits per heavy atom. The summed E-state index contributed by atoms with van der Waals surface area (Å²) in [4.78, 5) is 7.48. The van der Waals surface area contributed by atoms with Gasteiger partial charge in [0.05, 0.1) is 12.1 Å². The molecule has 120 valence electrons. The maximum absolute atomic E-state index is 12.4. The quantitative estimate of drug-likeness (QED) is 0.610. The molecule has 3 nitrogen and oxygen atoms in total. The Bertz CT molecular complexity index is 475. The Hall–Kier alpha value is -1.25. The van der Waals surface area contributed by atoms with Crippen molar-refractivity contribution in [1.82, 2.24) is 9.97 Å². The standard InChI is InChI=1S/C11H11ClF6N2O/c1-5(2)8-19-4-7(6(3-12)20-8)21-9(10(13,14)15)11(16,17)18/h4-5,9H,3H2,1-2H3. The monoisotopic (exact) mass is 336 g/mol. The SMILES string of the molecule is CC(C)c1ncc(OC(C(F)(F)F)C(F)(F)F)c(CCl)n1. The van der Waals surface area contributed by atoms with Gasteiger partial charge in [-0.25, -0.2) is 9.97 Å². The molecule has 1 rings (SSSR count). The average Bonchev–Trinajstić information content (AvgIpc) is 2.32. The van der Waals surface area contributed by atoms with Crippen LogP contribution in [0.4, 0.5) is 26.3 Å². The van der Waals surface area contributed by atoms with Crippen molar-refractivity contribution in [3.8, 4) is 5.75 Å². The lowest BCUT2D eigenvalue weighted by atomic mass is 10.2. The molecule has 0 aliphatic rings. The van der Waals surface area contributed by atoms with Gasteiger partial charge in [0.25, 0.3) is 6.10 Å². The van der Waals surface area contributed by atoms with Gasteiger partial charge in [-0.15, -0.1) is 11.6 Å². The molecule has 0 unspecified atom stereocenters. The van der Waals surface area contributed by atoms with E-state index in [2.05, 4.69) is 14.7 Å². The van der Waals surface area contributed by atoms with Crippen molar-refractivity contribution in [3.05, 3.63) is 17.7 Å². The third kappa shape index (κ3) is 4.62. The number of hydrogen-bond donors (Lipinski definition) is 0. The summed E-state index contributed by atoms with van der Waals surface area (Å²) in [7, 11) is 0. The van der Waals surface area contributed by atoms with Crippen molar-refractivity contribution in [2.75, 3.05) is 0 Å². The van der Waals surface area contributed by atoms with Gasteiger partial charge in [0.2, 0.25) is 0 Å². The second-order valence-electron chi connectivity index (χ2n) is 4.41. The topological polar surface area (TPSA) is 35.0 Å². The molecule has 0 amide bonds. The Morgan fingerprint density at radius 3 is 2.05 bits per heavy atom. The van der Waals surface area contributed by atoms with E-state index in [9.17, 15) is 26.3 Å². The van der Waals surface area contributed by atoms with Crippen LogP contribution in [0.1, 0.15) is 31.3 Å². The second-order valence-corrected chi connectivity index (χ2v) is 4.68. The minimum absolute atomic E-state index is 0.165. The van der Waals surface area contributed by atoms with E-state index in [4.69, 9.17) is 11.6 Å². The highest BCUT2D eigenvalue weighted by Gasteiger charge is 2.59. The first-order chi connectivity index (χ1) is 9.46. The molecule has 0 atom stereocenters. The minimum atomic E-state index is -5.61. The van der Waals surface area contributed by atoms with Crippen LogP contribution in [0.2, 0.25) is 0 Å². The fourth-order valence-electron chi connectivity index (χ4n) is 1.34. The van der Waals surface area contributed by atoms with E-state index in [-0.39, 0.29) is 17.4 Å². The van der Waals surface area contributed by atoms with E-state index in [0.717, 1.165) is 6.20 Å². The van der Waals surface area contributed by atoms with Crippen molar-refractivity contribution in [3.63, 3.8) is 0 Å². The fourth-order valence-corrected chi connectivity index (χ4v) is 1.53. The van der Waals surface area contributed by atoms with Crippen LogP contribution in [0.3, 0.4) is 0 Å². The largest absolute Gasteiger partial charge is 0.468 e. The number of ether oxygens (including phenoxy) is 1. The third-order valence-electron chi connectivity index (χ3n) is 2.33. The zero-order valence-electron chi connectivity index (χ0n) is 10.9. The maximum atomic E-state index is 12.4. The first kappa shape index (κ1) is 17.8. The van der Waals surface area contributed by atoms with Crippen LogP contribution in [-0.2, 0) is 5.88 Å². The lowest BCUT2D eigenvalue weighted by Crippen LogP contribution is -2.46. The number of hydrogen-bond acceptors (Lipinski definition) is 3. The highest BCUT2D eigenvalue weighted by Crippen LogP contribution is 2.37. The van der Waals surface area contributed by atoms with Crippen molar-refractivity contribution in [2.24, 2.45) is 0 Å². The molecule has 0 fully saturated rings. The molecule has 0 aliphatic carbocycles. The van der Waals surface area contributed by atoms with Crippen LogP contribution in [0.5, 0.6) is 5.75 Å². The van der Waals surface area contributed by atoms with Crippen LogP contribution in [-0.4, -0.2) is 28.4 Å². The molecule has 0 saturated carbocycles. The van der Waals surface area contributed by atoms with Gasteiger partial charge in [-0.2, -0.15) is 26.3 Å². The summed E-state index contributed by atoms with van der Waals surface area (Å²) in [5.41, 5.74) is -0.228. The summed E-state index contributed by atoms with van der Waals surface area (Å²) < 4.78 is 78.6. The van der Waals surface area contributed by atoms with Gasteiger partial charge < -0.3 is 4.74 Å². The van der Waals surface area contributed by atoms with Gasteiger partial charge in [0.1, 0.15) is 11.5 Å². The van der Waals surface area contributed by atoms with Crippen LogP contribution < -0.4 is 4.74 Å². The van der Waals surface area contributed by atoms with Crippen LogP contribution in [0.15, 0.2) is 6.20 Å². The summed E-state index contributed by atoms with van der Waals surface area (Å²) in [6, 6.07) is 0. The van der Waals surface area contributed by atoms with E-state index in [1.807, 2.05) is 0 Å². The van der Waals surface area contributed by atoms with Gasteiger partial charge >= 0.3 is 12.4 Å². The predicted molar refractivity (Wildman–Crippen MR) is 62.2 cm³/mol. The third-order valence-corrected chi connectivity index (χ3v) is 2.58. The second kappa shape index (κ2) is 6.25. The zero-order chi connectivity index (χ0) is 16.4. The summed E-state index contributed by atoms with van der Waals surface area (Å²) in [6.45, 7) is 3.42. The molecule has 1 heterocycles. The maximum Gasteiger partial charge on any atom is 0.434 e.